The van der Waals surface area contributed by atoms with Gasteiger partial charge in [-0.25, -0.2) is 8.42 Å². The van der Waals surface area contributed by atoms with Gasteiger partial charge < -0.3 is 10.2 Å². The van der Waals surface area contributed by atoms with E-state index in [1.165, 1.54) is 17.0 Å². The Kier molecular flexibility index (Phi) is 11.7. The predicted molar refractivity (Wildman–Crippen MR) is 191 cm³/mol. The Hall–Kier alpha value is -3.37. The number of rotatable bonds is 12. The fourth-order valence-electron chi connectivity index (χ4n) is 5.75. The minimum Gasteiger partial charge on any atom is -0.352 e. The van der Waals surface area contributed by atoms with Gasteiger partial charge in [-0.15, -0.1) is 0 Å². The normalized spacial score (nSPS) is 14.0. The van der Waals surface area contributed by atoms with Crippen LogP contribution >= 0.6 is 39.1 Å². The highest BCUT2D eigenvalue weighted by Gasteiger charge is 2.36. The van der Waals surface area contributed by atoms with Crippen LogP contribution in [0.15, 0.2) is 106 Å². The highest BCUT2D eigenvalue weighted by molar-refractivity contribution is 9.10. The Bertz CT molecular complexity index is 1780. The van der Waals surface area contributed by atoms with E-state index in [1.807, 2.05) is 37.3 Å². The SMILES string of the molecule is Cc1ccc(S(=O)(=O)N(CC(=O)N(Cc2c(Cl)cccc2Cl)[C@H](Cc2ccccc2)C(=O)NC2CCCC2)c2ccc(Br)cc2)cc1. The summed E-state index contributed by atoms with van der Waals surface area (Å²) in [6, 6.07) is 26.7. The van der Waals surface area contributed by atoms with Crippen molar-refractivity contribution < 1.29 is 18.0 Å². The maximum atomic E-state index is 14.7. The van der Waals surface area contributed by atoms with Gasteiger partial charge in [-0.3, -0.25) is 13.9 Å². The quantitative estimate of drug-likeness (QED) is 0.159. The van der Waals surface area contributed by atoms with Crippen molar-refractivity contribution in [2.45, 2.75) is 62.6 Å². The number of hydrogen-bond acceptors (Lipinski definition) is 4. The second kappa shape index (κ2) is 15.7. The number of halogens is 3. The van der Waals surface area contributed by atoms with Crippen molar-refractivity contribution in [3.05, 3.63) is 128 Å². The molecule has 0 unspecified atom stereocenters. The molecule has 0 radical (unpaired) electrons. The summed E-state index contributed by atoms with van der Waals surface area (Å²) in [4.78, 5) is 30.3. The molecule has 4 aromatic carbocycles. The van der Waals surface area contributed by atoms with E-state index in [-0.39, 0.29) is 29.8 Å². The predicted octanol–water partition coefficient (Wildman–Crippen LogP) is 7.96. The summed E-state index contributed by atoms with van der Waals surface area (Å²) in [5.74, 6) is -0.893. The third kappa shape index (κ3) is 8.76. The summed E-state index contributed by atoms with van der Waals surface area (Å²) in [5.41, 5.74) is 2.51. The summed E-state index contributed by atoms with van der Waals surface area (Å²) < 4.78 is 30.2. The number of nitrogens with one attached hydrogen (secondary N) is 1. The standard InChI is InChI=1S/C36H36BrCl2N3O4S/c1-25-14-20-30(21-15-25)47(45,46)42(29-18-16-27(37)17-19-29)24-35(43)41(23-31-32(38)12-7-13-33(31)39)34(22-26-8-3-2-4-9-26)36(44)40-28-10-5-6-11-28/h2-4,7-9,12-21,28,34H,5-6,10-11,22-24H2,1H3,(H,40,44)/t34-/m1/s1. The molecule has 1 saturated carbocycles. The monoisotopic (exact) mass is 755 g/mol. The summed E-state index contributed by atoms with van der Waals surface area (Å²) in [7, 11) is -4.21. The van der Waals surface area contributed by atoms with E-state index >= 15 is 0 Å². The minimum absolute atomic E-state index is 0.00260. The number of nitrogens with zero attached hydrogens (tertiary/aromatic N) is 2. The Morgan fingerprint density at radius 3 is 2.11 bits per heavy atom. The molecule has 1 atom stereocenters. The van der Waals surface area contributed by atoms with Crippen LogP contribution < -0.4 is 9.62 Å². The molecule has 246 valence electrons. The molecule has 2 amide bonds. The fourth-order valence-corrected chi connectivity index (χ4v) is 7.94. The number of sulfonamides is 1. The average molecular weight is 758 g/mol. The van der Waals surface area contributed by atoms with E-state index in [2.05, 4.69) is 21.2 Å². The van der Waals surface area contributed by atoms with Crippen molar-refractivity contribution >= 4 is 66.7 Å². The van der Waals surface area contributed by atoms with Crippen LogP contribution in [-0.4, -0.2) is 43.8 Å². The molecule has 0 saturated heterocycles. The van der Waals surface area contributed by atoms with Crippen LogP contribution in [0.1, 0.15) is 42.4 Å². The second-order valence-corrected chi connectivity index (χ2v) is 15.3. The van der Waals surface area contributed by atoms with Crippen LogP contribution in [0.5, 0.6) is 0 Å². The lowest BCUT2D eigenvalue weighted by Gasteiger charge is -2.34. The van der Waals surface area contributed by atoms with Crippen molar-refractivity contribution in [2.24, 2.45) is 0 Å². The lowest BCUT2D eigenvalue weighted by Crippen LogP contribution is -2.54. The molecule has 1 aliphatic rings. The summed E-state index contributed by atoms with van der Waals surface area (Å²) >= 11 is 16.6. The first-order valence-corrected chi connectivity index (χ1v) is 18.4. The van der Waals surface area contributed by atoms with Gasteiger partial charge in [-0.2, -0.15) is 0 Å². The molecule has 7 nitrogen and oxygen atoms in total. The van der Waals surface area contributed by atoms with Crippen LogP contribution in [0, 0.1) is 6.92 Å². The fraction of sp³-hybridized carbons (Fsp3) is 0.278. The van der Waals surface area contributed by atoms with Crippen LogP contribution in [0.25, 0.3) is 0 Å². The molecule has 5 rings (SSSR count). The molecule has 0 heterocycles. The second-order valence-electron chi connectivity index (χ2n) is 11.7. The molecule has 0 spiro atoms. The van der Waals surface area contributed by atoms with Crippen molar-refractivity contribution in [3.8, 4) is 0 Å². The van der Waals surface area contributed by atoms with E-state index in [0.29, 0.717) is 21.3 Å². The van der Waals surface area contributed by atoms with Crippen LogP contribution in [0.3, 0.4) is 0 Å². The Labute approximate surface area is 295 Å². The van der Waals surface area contributed by atoms with Crippen LogP contribution in [-0.2, 0) is 32.6 Å². The molecule has 0 bridgehead atoms. The Morgan fingerprint density at radius 1 is 0.872 bits per heavy atom. The molecule has 1 fully saturated rings. The molecule has 47 heavy (non-hydrogen) atoms. The van der Waals surface area contributed by atoms with Gasteiger partial charge in [-0.05, 0) is 73.9 Å². The zero-order valence-electron chi connectivity index (χ0n) is 25.9. The first-order valence-electron chi connectivity index (χ1n) is 15.4. The molecular weight excluding hydrogens is 721 g/mol. The highest BCUT2D eigenvalue weighted by atomic mass is 79.9. The lowest BCUT2D eigenvalue weighted by atomic mass is 10.0. The number of benzene rings is 4. The third-order valence-corrected chi connectivity index (χ3v) is 11.4. The maximum absolute atomic E-state index is 14.7. The zero-order valence-corrected chi connectivity index (χ0v) is 29.8. The largest absolute Gasteiger partial charge is 0.352 e. The van der Waals surface area contributed by atoms with Gasteiger partial charge in [0.25, 0.3) is 10.0 Å². The third-order valence-electron chi connectivity index (χ3n) is 8.37. The Morgan fingerprint density at radius 2 is 1.49 bits per heavy atom. The van der Waals surface area contributed by atoms with Gasteiger partial charge in [0, 0.05) is 39.1 Å². The molecule has 1 aliphatic carbocycles. The van der Waals surface area contributed by atoms with Crippen molar-refractivity contribution in [1.29, 1.82) is 0 Å². The number of aryl methyl sites for hydroxylation is 1. The van der Waals surface area contributed by atoms with Crippen LogP contribution in [0.4, 0.5) is 5.69 Å². The maximum Gasteiger partial charge on any atom is 0.264 e. The first-order chi connectivity index (χ1) is 22.5. The first kappa shape index (κ1) is 35.0. The lowest BCUT2D eigenvalue weighted by molar-refractivity contribution is -0.140. The van der Waals surface area contributed by atoms with Gasteiger partial charge in [0.15, 0.2) is 0 Å². The molecule has 0 aromatic heterocycles. The van der Waals surface area contributed by atoms with Gasteiger partial charge in [0.1, 0.15) is 12.6 Å². The minimum atomic E-state index is -4.21. The number of amides is 2. The topological polar surface area (TPSA) is 86.8 Å². The van der Waals surface area contributed by atoms with E-state index in [9.17, 15) is 18.0 Å². The molecule has 4 aromatic rings. The van der Waals surface area contributed by atoms with Gasteiger partial charge >= 0.3 is 0 Å². The summed E-state index contributed by atoms with van der Waals surface area (Å²) in [6.45, 7) is 1.20. The van der Waals surface area contributed by atoms with E-state index in [1.54, 1.807) is 54.6 Å². The van der Waals surface area contributed by atoms with E-state index in [0.717, 1.165) is 45.6 Å². The summed E-state index contributed by atoms with van der Waals surface area (Å²) in [5, 5.41) is 3.84. The van der Waals surface area contributed by atoms with E-state index < -0.39 is 28.5 Å². The molecular formula is C36H36BrCl2N3O4S. The average Bonchev–Trinajstić information content (AvgIpc) is 3.57. The molecule has 11 heteroatoms. The van der Waals surface area contributed by atoms with E-state index in [4.69, 9.17) is 23.2 Å². The highest BCUT2D eigenvalue weighted by Crippen LogP contribution is 2.30. The van der Waals surface area contributed by atoms with Crippen molar-refractivity contribution in [2.75, 3.05) is 10.8 Å². The van der Waals surface area contributed by atoms with Crippen LogP contribution in [0.2, 0.25) is 10.0 Å². The molecule has 1 N–H and O–H groups in total. The van der Waals surface area contributed by atoms with Crippen molar-refractivity contribution in [3.63, 3.8) is 0 Å². The smallest absolute Gasteiger partial charge is 0.264 e. The number of carbonyl (C=O) groups is 2. The molecule has 0 aliphatic heterocycles. The number of anilines is 1. The number of carbonyl (C=O) groups excluding carboxylic acids is 2. The van der Waals surface area contributed by atoms with Gasteiger partial charge in [-0.1, -0.05) is 106 Å². The Balaban J connectivity index is 1.59. The van der Waals surface area contributed by atoms with Gasteiger partial charge in [0.05, 0.1) is 10.6 Å². The number of hydrogen-bond donors (Lipinski definition) is 1. The van der Waals surface area contributed by atoms with Gasteiger partial charge in [0.2, 0.25) is 11.8 Å². The van der Waals surface area contributed by atoms with Crippen molar-refractivity contribution in [1.82, 2.24) is 10.2 Å². The summed E-state index contributed by atoms with van der Waals surface area (Å²) in [6.07, 6.45) is 3.97. The zero-order chi connectivity index (χ0) is 33.6.